The van der Waals surface area contributed by atoms with Crippen LogP contribution in [0.2, 0.25) is 0 Å². The molecule has 2 aromatic rings. The Morgan fingerprint density at radius 2 is 1.79 bits per heavy atom. The highest BCUT2D eigenvalue weighted by molar-refractivity contribution is 5.95. The number of ether oxygens (including phenoxy) is 1. The summed E-state index contributed by atoms with van der Waals surface area (Å²) in [4.78, 5) is 23.6. The van der Waals surface area contributed by atoms with Gasteiger partial charge < -0.3 is 15.8 Å². The van der Waals surface area contributed by atoms with Gasteiger partial charge in [-0.15, -0.1) is 0 Å². The maximum atomic E-state index is 12.0. The van der Waals surface area contributed by atoms with Gasteiger partial charge >= 0.3 is 0 Å². The van der Waals surface area contributed by atoms with Crippen LogP contribution >= 0.6 is 0 Å². The largest absolute Gasteiger partial charge is 0.494 e. The third kappa shape index (κ3) is 4.98. The number of benzene rings is 2. The predicted octanol–water partition coefficient (Wildman–Crippen LogP) is 2.44. The van der Waals surface area contributed by atoms with Crippen molar-refractivity contribution in [1.29, 1.82) is 0 Å². The minimum atomic E-state index is -0.858. The van der Waals surface area contributed by atoms with Crippen LogP contribution in [0, 0.1) is 0 Å². The van der Waals surface area contributed by atoms with Crippen molar-refractivity contribution >= 4 is 17.9 Å². The van der Waals surface area contributed by atoms with Crippen LogP contribution in [0.5, 0.6) is 5.75 Å². The van der Waals surface area contributed by atoms with Gasteiger partial charge in [0.25, 0.3) is 0 Å². The molecule has 2 rings (SSSR count). The molecular weight excluding hydrogens is 304 g/mol. The highest BCUT2D eigenvalue weighted by atomic mass is 16.5. The van der Waals surface area contributed by atoms with E-state index in [-0.39, 0.29) is 0 Å². The minimum absolute atomic E-state index is 0.392. The van der Waals surface area contributed by atoms with Crippen LogP contribution in [0.3, 0.4) is 0 Å². The summed E-state index contributed by atoms with van der Waals surface area (Å²) in [5.74, 6) is -0.225. The third-order valence-electron chi connectivity index (χ3n) is 3.32. The summed E-state index contributed by atoms with van der Waals surface area (Å²) in [6, 6.07) is 15.4. The number of hydrogen-bond acceptors (Lipinski definition) is 3. The van der Waals surface area contributed by atoms with E-state index in [2.05, 4.69) is 5.32 Å². The molecule has 5 nitrogen and oxygen atoms in total. The summed E-state index contributed by atoms with van der Waals surface area (Å²) in [6.07, 6.45) is 3.03. The molecule has 0 saturated carbocycles. The van der Waals surface area contributed by atoms with Crippen molar-refractivity contribution in [2.75, 3.05) is 6.61 Å². The Morgan fingerprint density at radius 1 is 1.12 bits per heavy atom. The molecule has 0 aliphatic carbocycles. The van der Waals surface area contributed by atoms with Crippen LogP contribution in [-0.4, -0.2) is 18.4 Å². The monoisotopic (exact) mass is 324 g/mol. The van der Waals surface area contributed by atoms with Gasteiger partial charge in [-0.25, -0.2) is 0 Å². The highest BCUT2D eigenvalue weighted by Crippen LogP contribution is 2.14. The maximum Gasteiger partial charge on any atom is 0.244 e. The van der Waals surface area contributed by atoms with Gasteiger partial charge in [-0.3, -0.25) is 9.59 Å². The lowest BCUT2D eigenvalue weighted by atomic mass is 10.1. The molecule has 0 radical (unpaired) electrons. The van der Waals surface area contributed by atoms with Crippen LogP contribution in [0.25, 0.3) is 6.08 Å². The van der Waals surface area contributed by atoms with E-state index in [0.29, 0.717) is 12.2 Å². The first-order chi connectivity index (χ1) is 11.6. The molecule has 0 spiro atoms. The lowest BCUT2D eigenvalue weighted by Crippen LogP contribution is -2.36. The smallest absolute Gasteiger partial charge is 0.244 e. The van der Waals surface area contributed by atoms with Gasteiger partial charge in [0, 0.05) is 6.08 Å². The molecule has 1 unspecified atom stereocenters. The molecule has 3 N–H and O–H groups in total. The Hall–Kier alpha value is -3.08. The zero-order valence-corrected chi connectivity index (χ0v) is 13.4. The van der Waals surface area contributed by atoms with E-state index in [1.165, 1.54) is 6.08 Å². The van der Waals surface area contributed by atoms with Gasteiger partial charge in [0.05, 0.1) is 6.61 Å². The number of nitrogens with one attached hydrogen (secondary N) is 1. The molecule has 1 atom stereocenters. The fourth-order valence-corrected chi connectivity index (χ4v) is 2.17. The number of hydrogen-bond donors (Lipinski definition) is 2. The second-order valence-electron chi connectivity index (χ2n) is 5.09. The van der Waals surface area contributed by atoms with Crippen molar-refractivity contribution < 1.29 is 14.3 Å². The minimum Gasteiger partial charge on any atom is -0.494 e. The molecule has 0 heterocycles. The summed E-state index contributed by atoms with van der Waals surface area (Å²) >= 11 is 0. The molecule has 0 fully saturated rings. The SMILES string of the molecule is CCOc1ccc(/C=C/C(=O)NC(C(N)=O)c2ccccc2)cc1. The topological polar surface area (TPSA) is 81.4 Å². The number of amides is 2. The van der Waals surface area contributed by atoms with Crippen LogP contribution in [0.4, 0.5) is 0 Å². The van der Waals surface area contributed by atoms with Crippen molar-refractivity contribution in [3.8, 4) is 5.75 Å². The first-order valence-electron chi connectivity index (χ1n) is 7.66. The molecule has 0 aliphatic rings. The van der Waals surface area contributed by atoms with Gasteiger partial charge in [0.2, 0.25) is 11.8 Å². The van der Waals surface area contributed by atoms with Gasteiger partial charge in [0.15, 0.2) is 0 Å². The van der Waals surface area contributed by atoms with E-state index in [1.807, 2.05) is 37.3 Å². The fraction of sp³-hybridized carbons (Fsp3) is 0.158. The second-order valence-corrected chi connectivity index (χ2v) is 5.09. The van der Waals surface area contributed by atoms with Gasteiger partial charge in [-0.05, 0) is 36.3 Å². The van der Waals surface area contributed by atoms with Gasteiger partial charge in [-0.1, -0.05) is 42.5 Å². The third-order valence-corrected chi connectivity index (χ3v) is 3.32. The molecular formula is C19H20N2O3. The van der Waals surface area contributed by atoms with Crippen LogP contribution in [0.15, 0.2) is 60.7 Å². The Morgan fingerprint density at radius 3 is 2.38 bits per heavy atom. The van der Waals surface area contributed by atoms with E-state index in [9.17, 15) is 9.59 Å². The first kappa shape index (κ1) is 17.3. The summed E-state index contributed by atoms with van der Waals surface area (Å²) in [6.45, 7) is 2.52. The molecule has 24 heavy (non-hydrogen) atoms. The van der Waals surface area contributed by atoms with E-state index in [4.69, 9.17) is 10.5 Å². The summed E-state index contributed by atoms with van der Waals surface area (Å²) in [5.41, 5.74) is 6.87. The van der Waals surface area contributed by atoms with Crippen LogP contribution in [-0.2, 0) is 9.59 Å². The molecule has 0 bridgehead atoms. The molecule has 0 aromatic heterocycles. The molecule has 5 heteroatoms. The number of nitrogens with two attached hydrogens (primary N) is 1. The van der Waals surface area contributed by atoms with Crippen molar-refractivity contribution in [2.45, 2.75) is 13.0 Å². The average molecular weight is 324 g/mol. The van der Waals surface area contributed by atoms with Crippen LogP contribution < -0.4 is 15.8 Å². The first-order valence-corrected chi connectivity index (χ1v) is 7.66. The van der Waals surface area contributed by atoms with Gasteiger partial charge in [0.1, 0.15) is 11.8 Å². The van der Waals surface area contributed by atoms with E-state index in [1.54, 1.807) is 30.3 Å². The zero-order chi connectivity index (χ0) is 17.4. The normalized spacial score (nSPS) is 11.9. The number of carbonyl (C=O) groups excluding carboxylic acids is 2. The number of carbonyl (C=O) groups is 2. The standard InChI is InChI=1S/C19H20N2O3/c1-2-24-16-11-8-14(9-12-16)10-13-17(22)21-18(19(20)23)15-6-4-3-5-7-15/h3-13,18H,2H2,1H3,(H2,20,23)(H,21,22)/b13-10+. The van der Waals surface area contributed by atoms with Crippen molar-refractivity contribution in [1.82, 2.24) is 5.32 Å². The van der Waals surface area contributed by atoms with E-state index in [0.717, 1.165) is 11.3 Å². The molecule has 124 valence electrons. The quantitative estimate of drug-likeness (QED) is 0.768. The molecule has 0 aliphatic heterocycles. The lowest BCUT2D eigenvalue weighted by molar-refractivity contribution is -0.125. The number of rotatable bonds is 7. The van der Waals surface area contributed by atoms with Gasteiger partial charge in [-0.2, -0.15) is 0 Å². The Bertz CT molecular complexity index is 709. The zero-order valence-electron chi connectivity index (χ0n) is 13.4. The second kappa shape index (κ2) is 8.53. The molecule has 2 aromatic carbocycles. The number of primary amides is 1. The Labute approximate surface area is 141 Å². The average Bonchev–Trinajstić information content (AvgIpc) is 2.60. The van der Waals surface area contributed by atoms with E-state index < -0.39 is 17.9 Å². The molecule has 2 amide bonds. The summed E-state index contributed by atoms with van der Waals surface area (Å²) in [5, 5.41) is 2.61. The Balaban J connectivity index is 2.01. The van der Waals surface area contributed by atoms with Crippen molar-refractivity contribution in [2.24, 2.45) is 5.73 Å². The Kier molecular flexibility index (Phi) is 6.14. The van der Waals surface area contributed by atoms with Crippen molar-refractivity contribution in [3.05, 3.63) is 71.8 Å². The fourth-order valence-electron chi connectivity index (χ4n) is 2.17. The summed E-state index contributed by atoms with van der Waals surface area (Å²) in [7, 11) is 0. The van der Waals surface area contributed by atoms with Crippen LogP contribution in [0.1, 0.15) is 24.1 Å². The molecule has 0 saturated heterocycles. The lowest BCUT2D eigenvalue weighted by Gasteiger charge is -2.14. The summed E-state index contributed by atoms with van der Waals surface area (Å²) < 4.78 is 5.36. The van der Waals surface area contributed by atoms with Crippen molar-refractivity contribution in [3.63, 3.8) is 0 Å². The highest BCUT2D eigenvalue weighted by Gasteiger charge is 2.18. The van der Waals surface area contributed by atoms with E-state index >= 15 is 0 Å². The maximum absolute atomic E-state index is 12.0. The predicted molar refractivity (Wildman–Crippen MR) is 93.2 cm³/mol.